The van der Waals surface area contributed by atoms with Gasteiger partial charge in [-0.1, -0.05) is 68.3 Å². The highest BCUT2D eigenvalue weighted by Gasteiger charge is 2.58. The van der Waals surface area contributed by atoms with Gasteiger partial charge in [-0.05, 0) is 11.5 Å². The molecule has 0 aromatic heterocycles. The number of aliphatic carboxylic acids is 1. The number of anilines is 1. The number of benzene rings is 2. The fourth-order valence-electron chi connectivity index (χ4n) is 3.54. The summed E-state index contributed by atoms with van der Waals surface area (Å²) in [5, 5.41) is 14.4. The van der Waals surface area contributed by atoms with E-state index in [1.807, 2.05) is 42.5 Å². The molecule has 2 heterocycles. The van der Waals surface area contributed by atoms with Gasteiger partial charge >= 0.3 is 5.97 Å². The zero-order chi connectivity index (χ0) is 17.7. The van der Waals surface area contributed by atoms with Crippen molar-refractivity contribution in [3.8, 4) is 0 Å². The first-order chi connectivity index (χ1) is 12.0. The summed E-state index contributed by atoms with van der Waals surface area (Å²) in [4.78, 5) is 24.6. The first-order valence-corrected chi connectivity index (χ1v) is 9.29. The Hall–Kier alpha value is -1.70. The van der Waals surface area contributed by atoms with Crippen molar-refractivity contribution in [2.75, 3.05) is 5.32 Å². The molecule has 1 saturated heterocycles. The minimum absolute atomic E-state index is 0.354. The standard InChI is InChI=1S/C18H13Br2NO4/c19-13-14(20)16-12(18(23)24)11(15(13)25-16)17(22)21-10-7-3-5-8-4-1-2-6-9(8)10/h1-7,11-12,15-16H,(H,21,22)(H,23,24)/t11-,12-,15-,16-/m1/s1. The van der Waals surface area contributed by atoms with Gasteiger partial charge in [-0.3, -0.25) is 9.59 Å². The van der Waals surface area contributed by atoms with E-state index in [0.717, 1.165) is 10.8 Å². The normalized spacial score (nSPS) is 27.8. The Kier molecular flexibility index (Phi) is 4.17. The van der Waals surface area contributed by atoms with Crippen molar-refractivity contribution in [1.82, 2.24) is 0 Å². The van der Waals surface area contributed by atoms with Crippen molar-refractivity contribution in [3.63, 3.8) is 0 Å². The lowest BCUT2D eigenvalue weighted by atomic mass is 9.82. The molecule has 2 N–H and O–H groups in total. The quantitative estimate of drug-likeness (QED) is 0.719. The molecular weight excluding hydrogens is 454 g/mol. The zero-order valence-corrected chi connectivity index (χ0v) is 16.0. The van der Waals surface area contributed by atoms with Crippen molar-refractivity contribution >= 4 is 60.2 Å². The maximum atomic E-state index is 12.9. The molecule has 1 amide bonds. The third kappa shape index (κ3) is 2.61. The van der Waals surface area contributed by atoms with Crippen molar-refractivity contribution in [2.24, 2.45) is 11.8 Å². The molecule has 0 aliphatic carbocycles. The largest absolute Gasteiger partial charge is 0.481 e. The first-order valence-electron chi connectivity index (χ1n) is 7.71. The fourth-order valence-corrected chi connectivity index (χ4v) is 4.78. The van der Waals surface area contributed by atoms with Gasteiger partial charge in [0.05, 0.1) is 5.92 Å². The van der Waals surface area contributed by atoms with Gasteiger partial charge in [0.25, 0.3) is 0 Å². The summed E-state index contributed by atoms with van der Waals surface area (Å²) >= 11 is 6.76. The van der Waals surface area contributed by atoms with Crippen molar-refractivity contribution in [3.05, 3.63) is 51.4 Å². The summed E-state index contributed by atoms with van der Waals surface area (Å²) in [5.41, 5.74) is 0.661. The second-order valence-electron chi connectivity index (χ2n) is 6.08. The lowest BCUT2D eigenvalue weighted by molar-refractivity contribution is -0.146. The highest BCUT2D eigenvalue weighted by Crippen LogP contribution is 2.51. The SMILES string of the molecule is O=C(O)[C@@H]1[C@@H](C(=O)Nc2cccc3ccccc23)[C@H]2O[C@H]1C(Br)=C2Br. The second kappa shape index (κ2) is 6.23. The van der Waals surface area contributed by atoms with E-state index >= 15 is 0 Å². The third-order valence-corrected chi connectivity index (χ3v) is 6.98. The molecule has 2 aromatic rings. The molecule has 2 aliphatic rings. The van der Waals surface area contributed by atoms with Crippen LogP contribution in [-0.4, -0.2) is 29.2 Å². The topological polar surface area (TPSA) is 75.6 Å². The van der Waals surface area contributed by atoms with E-state index in [-0.39, 0.29) is 5.91 Å². The lowest BCUT2D eigenvalue weighted by Crippen LogP contribution is -2.41. The summed E-state index contributed by atoms with van der Waals surface area (Å²) in [6.45, 7) is 0. The van der Waals surface area contributed by atoms with Gasteiger partial charge in [0.1, 0.15) is 18.1 Å². The molecule has 1 fully saturated rings. The highest BCUT2D eigenvalue weighted by molar-refractivity contribution is 9.14. The zero-order valence-electron chi connectivity index (χ0n) is 12.8. The lowest BCUT2D eigenvalue weighted by Gasteiger charge is -2.24. The summed E-state index contributed by atoms with van der Waals surface area (Å²) in [5.74, 6) is -3.11. The van der Waals surface area contributed by atoms with Gasteiger partial charge in [-0.15, -0.1) is 0 Å². The molecule has 5 nitrogen and oxygen atoms in total. The van der Waals surface area contributed by atoms with E-state index in [2.05, 4.69) is 37.2 Å². The number of halogens is 2. The molecule has 0 unspecified atom stereocenters. The van der Waals surface area contributed by atoms with Crippen LogP contribution in [-0.2, 0) is 14.3 Å². The van der Waals surface area contributed by atoms with Gasteiger partial charge in [0.15, 0.2) is 0 Å². The predicted octanol–water partition coefficient (Wildman–Crippen LogP) is 3.88. The van der Waals surface area contributed by atoms with Gasteiger partial charge in [-0.25, -0.2) is 0 Å². The number of nitrogens with one attached hydrogen (secondary N) is 1. The number of carboxylic acid groups (broad SMARTS) is 1. The smallest absolute Gasteiger partial charge is 0.310 e. The Morgan fingerprint density at radius 2 is 1.60 bits per heavy atom. The average Bonchev–Trinajstić information content (AvgIpc) is 3.12. The van der Waals surface area contributed by atoms with E-state index < -0.39 is 30.0 Å². The summed E-state index contributed by atoms with van der Waals surface area (Å²) < 4.78 is 7.09. The van der Waals surface area contributed by atoms with Crippen molar-refractivity contribution in [1.29, 1.82) is 0 Å². The molecule has 0 saturated carbocycles. The third-order valence-electron chi connectivity index (χ3n) is 4.70. The number of fused-ring (bicyclic) bond motifs is 3. The molecule has 0 radical (unpaired) electrons. The molecule has 25 heavy (non-hydrogen) atoms. The number of rotatable bonds is 3. The van der Waals surface area contributed by atoms with E-state index in [1.165, 1.54) is 0 Å². The Morgan fingerprint density at radius 3 is 2.32 bits per heavy atom. The second-order valence-corrected chi connectivity index (χ2v) is 7.79. The number of amides is 1. The van der Waals surface area contributed by atoms with Crippen LogP contribution in [0.4, 0.5) is 5.69 Å². The van der Waals surface area contributed by atoms with Crippen LogP contribution >= 0.6 is 31.9 Å². The maximum Gasteiger partial charge on any atom is 0.310 e. The van der Waals surface area contributed by atoms with Gasteiger partial charge < -0.3 is 15.2 Å². The Morgan fingerprint density at radius 1 is 0.960 bits per heavy atom. The number of carbonyl (C=O) groups excluding carboxylic acids is 1. The van der Waals surface area contributed by atoms with Crippen LogP contribution in [0.3, 0.4) is 0 Å². The molecular formula is C18H13Br2NO4. The van der Waals surface area contributed by atoms with Crippen LogP contribution in [0.1, 0.15) is 0 Å². The van der Waals surface area contributed by atoms with Crippen LogP contribution in [0, 0.1) is 11.8 Å². The van der Waals surface area contributed by atoms with Crippen molar-refractivity contribution in [2.45, 2.75) is 12.2 Å². The molecule has 7 heteroatoms. The van der Waals surface area contributed by atoms with Crippen LogP contribution in [0.25, 0.3) is 10.8 Å². The van der Waals surface area contributed by atoms with E-state index in [9.17, 15) is 14.7 Å². The summed E-state index contributed by atoms with van der Waals surface area (Å²) in [7, 11) is 0. The average molecular weight is 467 g/mol. The number of hydrogen-bond acceptors (Lipinski definition) is 3. The molecule has 4 rings (SSSR count). The van der Waals surface area contributed by atoms with Gasteiger partial charge in [0.2, 0.25) is 5.91 Å². The minimum atomic E-state index is -1.04. The fraction of sp³-hybridized carbons (Fsp3) is 0.222. The van der Waals surface area contributed by atoms with Crippen LogP contribution < -0.4 is 5.32 Å². The van der Waals surface area contributed by atoms with Crippen LogP contribution in [0.5, 0.6) is 0 Å². The maximum absolute atomic E-state index is 12.9. The van der Waals surface area contributed by atoms with E-state index in [1.54, 1.807) is 0 Å². The number of hydrogen-bond donors (Lipinski definition) is 2. The molecule has 4 atom stereocenters. The van der Waals surface area contributed by atoms with Crippen LogP contribution in [0.2, 0.25) is 0 Å². The molecule has 2 aliphatic heterocycles. The van der Waals surface area contributed by atoms with Gasteiger partial charge in [0, 0.05) is 20.0 Å². The Balaban J connectivity index is 1.68. The summed E-state index contributed by atoms with van der Waals surface area (Å²) in [6, 6.07) is 13.3. The summed E-state index contributed by atoms with van der Waals surface area (Å²) in [6.07, 6.45) is -1.23. The molecule has 128 valence electrons. The van der Waals surface area contributed by atoms with Gasteiger partial charge in [-0.2, -0.15) is 0 Å². The number of ether oxygens (including phenoxy) is 1. The minimum Gasteiger partial charge on any atom is -0.481 e. The monoisotopic (exact) mass is 465 g/mol. The number of carboxylic acids is 1. The number of carbonyl (C=O) groups is 2. The predicted molar refractivity (Wildman–Crippen MR) is 101 cm³/mol. The highest BCUT2D eigenvalue weighted by atomic mass is 79.9. The molecule has 2 aromatic carbocycles. The Labute approximate surface area is 160 Å². The van der Waals surface area contributed by atoms with E-state index in [4.69, 9.17) is 4.74 Å². The molecule has 0 spiro atoms. The van der Waals surface area contributed by atoms with E-state index in [0.29, 0.717) is 14.7 Å². The molecule has 2 bridgehead atoms. The Bertz CT molecular complexity index is 921. The first kappa shape index (κ1) is 16.8. The van der Waals surface area contributed by atoms with Crippen molar-refractivity contribution < 1.29 is 19.4 Å². The van der Waals surface area contributed by atoms with Crippen LogP contribution in [0.15, 0.2) is 51.4 Å².